The molecule has 78 valence electrons. The highest BCUT2D eigenvalue weighted by molar-refractivity contribution is 5.94. The van der Waals surface area contributed by atoms with E-state index in [1.54, 1.807) is 0 Å². The Hall–Kier alpha value is -1.35. The van der Waals surface area contributed by atoms with Gasteiger partial charge in [-0.1, -0.05) is 6.07 Å². The van der Waals surface area contributed by atoms with E-state index in [1.165, 1.54) is 11.1 Å². The van der Waals surface area contributed by atoms with Crippen molar-refractivity contribution in [3.05, 3.63) is 29.3 Å². The maximum atomic E-state index is 11.5. The number of hydrogen-bond donors (Lipinski definition) is 2. The molecule has 1 aliphatic carbocycles. The zero-order valence-electron chi connectivity index (χ0n) is 8.55. The summed E-state index contributed by atoms with van der Waals surface area (Å²) >= 11 is 0. The van der Waals surface area contributed by atoms with Gasteiger partial charge in [0.15, 0.2) is 0 Å². The minimum Gasteiger partial charge on any atom is -0.326 e. The second-order valence-corrected chi connectivity index (χ2v) is 4.35. The average Bonchev–Trinajstić information content (AvgIpc) is 2.98. The fourth-order valence-electron chi connectivity index (χ4n) is 1.96. The first-order valence-corrected chi connectivity index (χ1v) is 5.46. The van der Waals surface area contributed by atoms with E-state index in [4.69, 9.17) is 0 Å². The van der Waals surface area contributed by atoms with Gasteiger partial charge in [-0.3, -0.25) is 4.79 Å². The number of rotatable bonds is 2. The lowest BCUT2D eigenvalue weighted by molar-refractivity contribution is -0.117. The van der Waals surface area contributed by atoms with E-state index in [-0.39, 0.29) is 11.8 Å². The number of fused-ring (bicyclic) bond motifs is 1. The van der Waals surface area contributed by atoms with Gasteiger partial charge in [0.1, 0.15) is 0 Å². The van der Waals surface area contributed by atoms with Crippen LogP contribution < -0.4 is 10.6 Å². The van der Waals surface area contributed by atoms with Crippen LogP contribution >= 0.6 is 0 Å². The van der Waals surface area contributed by atoms with Crippen LogP contribution in [0.3, 0.4) is 0 Å². The van der Waals surface area contributed by atoms with E-state index in [0.717, 1.165) is 31.6 Å². The molecular weight excluding hydrogens is 188 g/mol. The Labute approximate surface area is 88.9 Å². The molecule has 2 N–H and O–H groups in total. The molecule has 0 radical (unpaired) electrons. The summed E-state index contributed by atoms with van der Waals surface area (Å²) in [6, 6.07) is 6.17. The molecule has 15 heavy (non-hydrogen) atoms. The highest BCUT2D eigenvalue weighted by Gasteiger charge is 2.29. The smallest absolute Gasteiger partial charge is 0.227 e. The molecule has 0 unspecified atom stereocenters. The lowest BCUT2D eigenvalue weighted by Gasteiger charge is -2.06. The topological polar surface area (TPSA) is 41.1 Å². The minimum absolute atomic E-state index is 0.181. The number of carbonyl (C=O) groups is 1. The van der Waals surface area contributed by atoms with Gasteiger partial charge in [0.25, 0.3) is 0 Å². The zero-order valence-corrected chi connectivity index (χ0v) is 8.55. The van der Waals surface area contributed by atoms with Crippen molar-refractivity contribution in [2.45, 2.75) is 25.9 Å². The van der Waals surface area contributed by atoms with Gasteiger partial charge in [0.05, 0.1) is 0 Å². The van der Waals surface area contributed by atoms with Crippen LogP contribution in [0.15, 0.2) is 18.2 Å². The lowest BCUT2D eigenvalue weighted by atomic mass is 10.1. The normalized spacial score (nSPS) is 18.7. The Kier molecular flexibility index (Phi) is 1.99. The number of hydrogen-bond acceptors (Lipinski definition) is 2. The quantitative estimate of drug-likeness (QED) is 0.765. The third kappa shape index (κ3) is 1.75. The Morgan fingerprint density at radius 2 is 2.07 bits per heavy atom. The second kappa shape index (κ2) is 3.35. The lowest BCUT2D eigenvalue weighted by Crippen LogP contribution is -2.13. The van der Waals surface area contributed by atoms with Crippen LogP contribution in [0.1, 0.15) is 24.0 Å². The van der Waals surface area contributed by atoms with Crippen LogP contribution in [0.25, 0.3) is 0 Å². The van der Waals surface area contributed by atoms with Crippen molar-refractivity contribution in [1.29, 1.82) is 0 Å². The van der Waals surface area contributed by atoms with E-state index < -0.39 is 0 Å². The van der Waals surface area contributed by atoms with Gasteiger partial charge < -0.3 is 10.6 Å². The van der Waals surface area contributed by atoms with Crippen LogP contribution in [0.5, 0.6) is 0 Å². The molecule has 0 saturated heterocycles. The summed E-state index contributed by atoms with van der Waals surface area (Å²) in [5.74, 6) is 0.456. The molecule has 0 aromatic heterocycles. The van der Waals surface area contributed by atoms with Crippen molar-refractivity contribution >= 4 is 11.6 Å². The molecule has 1 heterocycles. The maximum absolute atomic E-state index is 11.5. The monoisotopic (exact) mass is 202 g/mol. The molecule has 3 heteroatoms. The zero-order chi connectivity index (χ0) is 10.3. The Morgan fingerprint density at radius 1 is 1.27 bits per heavy atom. The first kappa shape index (κ1) is 8.92. The fraction of sp³-hybridized carbons (Fsp3) is 0.417. The van der Waals surface area contributed by atoms with Crippen LogP contribution in [-0.2, 0) is 17.9 Å². The van der Waals surface area contributed by atoms with Gasteiger partial charge in [-0.05, 0) is 36.1 Å². The van der Waals surface area contributed by atoms with E-state index >= 15 is 0 Å². The molecule has 1 amide bonds. The van der Waals surface area contributed by atoms with Gasteiger partial charge in [0, 0.05) is 24.7 Å². The van der Waals surface area contributed by atoms with E-state index in [0.29, 0.717) is 0 Å². The summed E-state index contributed by atoms with van der Waals surface area (Å²) in [6.45, 7) is 1.87. The first-order valence-electron chi connectivity index (χ1n) is 5.46. The average molecular weight is 202 g/mol. The van der Waals surface area contributed by atoms with Crippen molar-refractivity contribution in [1.82, 2.24) is 5.32 Å². The molecule has 3 nitrogen and oxygen atoms in total. The Morgan fingerprint density at radius 3 is 2.87 bits per heavy atom. The summed E-state index contributed by atoms with van der Waals surface area (Å²) in [5.41, 5.74) is 3.59. The molecule has 3 rings (SSSR count). The van der Waals surface area contributed by atoms with Crippen LogP contribution in [0, 0.1) is 5.92 Å². The largest absolute Gasteiger partial charge is 0.326 e. The molecule has 1 fully saturated rings. The summed E-state index contributed by atoms with van der Waals surface area (Å²) in [5, 5.41) is 6.26. The summed E-state index contributed by atoms with van der Waals surface area (Å²) in [7, 11) is 0. The highest BCUT2D eigenvalue weighted by Crippen LogP contribution is 2.30. The second-order valence-electron chi connectivity index (χ2n) is 4.35. The number of benzene rings is 1. The Balaban J connectivity index is 1.77. The molecule has 1 saturated carbocycles. The van der Waals surface area contributed by atoms with Crippen LogP contribution in [0.4, 0.5) is 5.69 Å². The molecule has 1 aliphatic heterocycles. The fourth-order valence-corrected chi connectivity index (χ4v) is 1.96. The van der Waals surface area contributed by atoms with Gasteiger partial charge in [0.2, 0.25) is 5.91 Å². The Bertz CT molecular complexity index is 410. The van der Waals surface area contributed by atoms with Crippen molar-refractivity contribution in [2.24, 2.45) is 5.92 Å². The maximum Gasteiger partial charge on any atom is 0.227 e. The van der Waals surface area contributed by atoms with Crippen LogP contribution in [-0.4, -0.2) is 5.91 Å². The molecular formula is C12H14N2O. The molecule has 1 aromatic rings. The number of nitrogens with one attached hydrogen (secondary N) is 2. The van der Waals surface area contributed by atoms with Gasteiger partial charge >= 0.3 is 0 Å². The van der Waals surface area contributed by atoms with Gasteiger partial charge in [-0.15, -0.1) is 0 Å². The predicted molar refractivity (Wildman–Crippen MR) is 58.3 cm³/mol. The summed E-state index contributed by atoms with van der Waals surface area (Å²) in [6.07, 6.45) is 2.11. The predicted octanol–water partition coefficient (Wildman–Crippen LogP) is 1.64. The van der Waals surface area contributed by atoms with Gasteiger partial charge in [-0.2, -0.15) is 0 Å². The molecule has 1 aromatic carbocycles. The highest BCUT2D eigenvalue weighted by atomic mass is 16.2. The minimum atomic E-state index is 0.181. The third-order valence-corrected chi connectivity index (χ3v) is 3.05. The molecule has 0 spiro atoms. The SMILES string of the molecule is O=C(Nc1ccc2c(c1)CNC2)C1CC1. The number of amides is 1. The number of anilines is 1. The molecule has 0 atom stereocenters. The van der Waals surface area contributed by atoms with Crippen molar-refractivity contribution < 1.29 is 4.79 Å². The van der Waals surface area contributed by atoms with Crippen molar-refractivity contribution in [3.63, 3.8) is 0 Å². The first-order chi connectivity index (χ1) is 7.33. The van der Waals surface area contributed by atoms with Gasteiger partial charge in [-0.25, -0.2) is 0 Å². The van der Waals surface area contributed by atoms with E-state index in [9.17, 15) is 4.79 Å². The summed E-state index contributed by atoms with van der Waals surface area (Å²) < 4.78 is 0. The van der Waals surface area contributed by atoms with E-state index in [2.05, 4.69) is 22.8 Å². The van der Waals surface area contributed by atoms with Crippen molar-refractivity contribution in [3.8, 4) is 0 Å². The molecule has 2 aliphatic rings. The molecule has 0 bridgehead atoms. The van der Waals surface area contributed by atoms with E-state index in [1.807, 2.05) is 6.07 Å². The van der Waals surface area contributed by atoms with Crippen LogP contribution in [0.2, 0.25) is 0 Å². The van der Waals surface area contributed by atoms with Crippen molar-refractivity contribution in [2.75, 3.05) is 5.32 Å². The summed E-state index contributed by atoms with van der Waals surface area (Å²) in [4.78, 5) is 11.5. The number of carbonyl (C=O) groups excluding carboxylic acids is 1. The standard InChI is InChI=1S/C12H14N2O/c15-12(8-1-2-8)14-11-4-3-9-6-13-7-10(9)5-11/h3-5,8,13H,1-2,6-7H2,(H,14,15). The third-order valence-electron chi connectivity index (χ3n) is 3.05.